The molecule has 7 nitrogen and oxygen atoms in total. The van der Waals surface area contributed by atoms with Crippen molar-refractivity contribution >= 4 is 23.7 Å². The second-order valence-electron chi connectivity index (χ2n) is 6.51. The van der Waals surface area contributed by atoms with Gasteiger partial charge in [0.05, 0.1) is 5.25 Å². The fourth-order valence-corrected chi connectivity index (χ4v) is 3.83. The molecule has 3 amide bonds. The summed E-state index contributed by atoms with van der Waals surface area (Å²) in [5.74, 6) is -0.262. The second-order valence-corrected chi connectivity index (χ2v) is 7.81. The van der Waals surface area contributed by atoms with E-state index in [9.17, 15) is 9.59 Å². The van der Waals surface area contributed by atoms with E-state index < -0.39 is 5.25 Å². The third-order valence-corrected chi connectivity index (χ3v) is 5.45. The number of amides is 3. The van der Waals surface area contributed by atoms with Gasteiger partial charge in [-0.3, -0.25) is 9.69 Å². The summed E-state index contributed by atoms with van der Waals surface area (Å²) in [7, 11) is 0. The zero-order chi connectivity index (χ0) is 20.2. The lowest BCUT2D eigenvalue weighted by atomic mass is 10.0. The van der Waals surface area contributed by atoms with E-state index in [0.717, 1.165) is 11.1 Å². The quantitative estimate of drug-likeness (QED) is 0.656. The van der Waals surface area contributed by atoms with Gasteiger partial charge in [-0.25, -0.2) is 9.78 Å². The molecule has 1 saturated heterocycles. The van der Waals surface area contributed by atoms with Gasteiger partial charge in [0.2, 0.25) is 11.1 Å². The molecule has 1 aromatic heterocycles. The first kappa shape index (κ1) is 19.1. The van der Waals surface area contributed by atoms with Gasteiger partial charge in [-0.2, -0.15) is 0 Å². The molecular weight excluding hydrogens is 386 g/mol. The van der Waals surface area contributed by atoms with Crippen molar-refractivity contribution in [2.45, 2.75) is 17.3 Å². The third-order valence-electron chi connectivity index (χ3n) is 4.51. The van der Waals surface area contributed by atoms with Crippen LogP contribution < -0.4 is 5.32 Å². The molecule has 1 atom stereocenters. The summed E-state index contributed by atoms with van der Waals surface area (Å²) in [6, 6.07) is 19.1. The number of benzene rings is 2. The number of aromatic nitrogens is 3. The molecule has 0 unspecified atom stereocenters. The lowest BCUT2D eigenvalue weighted by molar-refractivity contribution is -0.126. The molecule has 8 heteroatoms. The van der Waals surface area contributed by atoms with Crippen molar-refractivity contribution in [1.82, 2.24) is 25.4 Å². The van der Waals surface area contributed by atoms with Gasteiger partial charge < -0.3 is 5.32 Å². The molecule has 146 valence electrons. The topological polar surface area (TPSA) is 88.1 Å². The lowest BCUT2D eigenvalue weighted by Crippen LogP contribution is -2.39. The van der Waals surface area contributed by atoms with Crippen LogP contribution in [0.4, 0.5) is 4.79 Å². The highest BCUT2D eigenvalue weighted by atomic mass is 32.2. The van der Waals surface area contributed by atoms with Gasteiger partial charge >= 0.3 is 6.03 Å². The highest BCUT2D eigenvalue weighted by molar-refractivity contribution is 8.00. The largest absolute Gasteiger partial charge is 0.336 e. The van der Waals surface area contributed by atoms with Crippen molar-refractivity contribution in [2.24, 2.45) is 0 Å². The molecular formula is C21H19N5O2S. The molecule has 4 rings (SSSR count). The number of urea groups is 1. The molecule has 29 heavy (non-hydrogen) atoms. The summed E-state index contributed by atoms with van der Waals surface area (Å²) < 4.78 is 0. The number of carbonyl (C=O) groups excluding carboxylic acids is 2. The molecule has 0 bridgehead atoms. The fraction of sp³-hybridized carbons (Fsp3) is 0.190. The number of hydrogen-bond donors (Lipinski definition) is 1. The predicted octanol–water partition coefficient (Wildman–Crippen LogP) is 3.24. The maximum Gasteiger partial charge on any atom is 0.324 e. The summed E-state index contributed by atoms with van der Waals surface area (Å²) >= 11 is 1.20. The van der Waals surface area contributed by atoms with E-state index in [1.54, 1.807) is 6.92 Å². The van der Waals surface area contributed by atoms with Crippen LogP contribution >= 0.6 is 11.8 Å². The Labute approximate surface area is 172 Å². The van der Waals surface area contributed by atoms with Crippen LogP contribution in [-0.2, 0) is 4.79 Å². The maximum absolute atomic E-state index is 12.6. The van der Waals surface area contributed by atoms with E-state index >= 15 is 0 Å². The average molecular weight is 405 g/mol. The van der Waals surface area contributed by atoms with Gasteiger partial charge in [0.25, 0.3) is 0 Å². The van der Waals surface area contributed by atoms with Crippen molar-refractivity contribution in [3.63, 3.8) is 0 Å². The van der Waals surface area contributed by atoms with E-state index in [-0.39, 0.29) is 11.9 Å². The minimum atomic E-state index is -0.508. The van der Waals surface area contributed by atoms with E-state index in [1.165, 1.54) is 16.7 Å². The summed E-state index contributed by atoms with van der Waals surface area (Å²) in [4.78, 5) is 30.3. The molecule has 1 fully saturated rings. The minimum absolute atomic E-state index is 0.262. The van der Waals surface area contributed by atoms with Gasteiger partial charge in [0, 0.05) is 24.2 Å². The molecule has 0 radical (unpaired) electrons. The molecule has 1 N–H and O–H groups in total. The number of hydrogen-bond acceptors (Lipinski definition) is 6. The van der Waals surface area contributed by atoms with Crippen LogP contribution in [0.2, 0.25) is 0 Å². The highest BCUT2D eigenvalue weighted by Crippen LogP contribution is 2.30. The Hall–Kier alpha value is -3.26. The minimum Gasteiger partial charge on any atom is -0.336 e. The number of carbonyl (C=O) groups is 2. The van der Waals surface area contributed by atoms with E-state index in [0.29, 0.717) is 29.6 Å². The standard InChI is InChI=1S/C21H19N5O2S/c1-14(19(27)26-13-12-22-21(26)28)29-20-23-17(15-8-4-2-5-9-15)18(24-25-20)16-10-6-3-7-11-16/h2-11,14H,12-13H2,1H3,(H,22,28)/t14-/m1/s1. The number of thioether (sulfide) groups is 1. The summed E-state index contributed by atoms with van der Waals surface area (Å²) in [6.45, 7) is 2.60. The average Bonchev–Trinajstić information content (AvgIpc) is 3.20. The molecule has 0 saturated carbocycles. The van der Waals surface area contributed by atoms with Crippen LogP contribution in [0.15, 0.2) is 65.8 Å². The maximum atomic E-state index is 12.6. The molecule has 0 spiro atoms. The van der Waals surface area contributed by atoms with Crippen molar-refractivity contribution < 1.29 is 9.59 Å². The predicted molar refractivity (Wildman–Crippen MR) is 111 cm³/mol. The number of imide groups is 1. The van der Waals surface area contributed by atoms with Crippen molar-refractivity contribution in [3.05, 3.63) is 60.7 Å². The van der Waals surface area contributed by atoms with Crippen LogP contribution in [-0.4, -0.2) is 50.4 Å². The fourth-order valence-electron chi connectivity index (χ4n) is 3.06. The number of nitrogens with one attached hydrogen (secondary N) is 1. The van der Waals surface area contributed by atoms with Crippen LogP contribution in [0.5, 0.6) is 0 Å². The lowest BCUT2D eigenvalue weighted by Gasteiger charge is -2.17. The SMILES string of the molecule is C[C@@H](Sc1nnc(-c2ccccc2)c(-c2ccccc2)n1)C(=O)N1CCNC1=O. The van der Waals surface area contributed by atoms with Gasteiger partial charge in [-0.15, -0.1) is 10.2 Å². The zero-order valence-corrected chi connectivity index (χ0v) is 16.6. The first-order chi connectivity index (χ1) is 14.1. The highest BCUT2D eigenvalue weighted by Gasteiger charge is 2.30. The molecule has 0 aliphatic carbocycles. The van der Waals surface area contributed by atoms with Crippen LogP contribution in [0.3, 0.4) is 0 Å². The van der Waals surface area contributed by atoms with Crippen molar-refractivity contribution in [3.8, 4) is 22.5 Å². The van der Waals surface area contributed by atoms with Crippen LogP contribution in [0.25, 0.3) is 22.5 Å². The number of nitrogens with zero attached hydrogens (tertiary/aromatic N) is 4. The smallest absolute Gasteiger partial charge is 0.324 e. The molecule has 2 aromatic carbocycles. The zero-order valence-electron chi connectivity index (χ0n) is 15.8. The summed E-state index contributed by atoms with van der Waals surface area (Å²) in [5, 5.41) is 11.2. The Balaban J connectivity index is 1.65. The van der Waals surface area contributed by atoms with Crippen LogP contribution in [0, 0.1) is 0 Å². The molecule has 1 aliphatic heterocycles. The Morgan fingerprint density at radius 1 is 1.00 bits per heavy atom. The Morgan fingerprint density at radius 2 is 1.62 bits per heavy atom. The number of rotatable bonds is 5. The van der Waals surface area contributed by atoms with E-state index in [1.807, 2.05) is 60.7 Å². The molecule has 1 aliphatic rings. The molecule has 3 aromatic rings. The van der Waals surface area contributed by atoms with Crippen molar-refractivity contribution in [1.29, 1.82) is 0 Å². The normalized spacial score (nSPS) is 14.5. The third kappa shape index (κ3) is 4.12. The summed E-state index contributed by atoms with van der Waals surface area (Å²) in [5.41, 5.74) is 3.22. The Kier molecular flexibility index (Phi) is 5.53. The van der Waals surface area contributed by atoms with Gasteiger partial charge in [-0.1, -0.05) is 72.4 Å². The summed E-state index contributed by atoms with van der Waals surface area (Å²) in [6.07, 6.45) is 0. The van der Waals surface area contributed by atoms with Gasteiger partial charge in [-0.05, 0) is 6.92 Å². The molecule has 2 heterocycles. The Morgan fingerprint density at radius 3 is 2.21 bits per heavy atom. The Bertz CT molecular complexity index is 1030. The monoisotopic (exact) mass is 405 g/mol. The first-order valence-electron chi connectivity index (χ1n) is 9.25. The van der Waals surface area contributed by atoms with Crippen LogP contribution in [0.1, 0.15) is 6.92 Å². The van der Waals surface area contributed by atoms with Gasteiger partial charge in [0.15, 0.2) is 0 Å². The van der Waals surface area contributed by atoms with Crippen molar-refractivity contribution in [2.75, 3.05) is 13.1 Å². The second kappa shape index (κ2) is 8.40. The van der Waals surface area contributed by atoms with E-state index in [4.69, 9.17) is 4.98 Å². The van der Waals surface area contributed by atoms with Gasteiger partial charge in [0.1, 0.15) is 11.4 Å². The van der Waals surface area contributed by atoms with E-state index in [2.05, 4.69) is 15.5 Å². The first-order valence-corrected chi connectivity index (χ1v) is 10.1.